The number of rotatable bonds is 9. The van der Waals surface area contributed by atoms with Crippen molar-refractivity contribution in [3.05, 3.63) is 99.6 Å². The number of carbonyl (C=O) groups excluding carboxylic acids is 3. The molecule has 0 atom stereocenters. The van der Waals surface area contributed by atoms with Crippen LogP contribution in [-0.4, -0.2) is 29.3 Å². The highest BCUT2D eigenvalue weighted by atomic mass is 16.6. The van der Waals surface area contributed by atoms with E-state index in [1.54, 1.807) is 0 Å². The van der Waals surface area contributed by atoms with Gasteiger partial charge in [0.1, 0.15) is 0 Å². The summed E-state index contributed by atoms with van der Waals surface area (Å²) in [5, 5.41) is 16.7. The number of hydrogen-bond donors (Lipinski definition) is 3. The molecule has 0 unspecified atom stereocenters. The maximum atomic E-state index is 12.6. The normalized spacial score (nSPS) is 10.2. The van der Waals surface area contributed by atoms with E-state index in [4.69, 9.17) is 10.5 Å². The van der Waals surface area contributed by atoms with E-state index >= 15 is 0 Å². The third-order valence-corrected chi connectivity index (χ3v) is 4.55. The van der Waals surface area contributed by atoms with E-state index in [-0.39, 0.29) is 16.8 Å². The fraction of sp³-hybridized carbons (Fsp3) is 0.0870. The quantitative estimate of drug-likeness (QED) is 0.258. The lowest BCUT2D eigenvalue weighted by Gasteiger charge is -2.12. The smallest absolute Gasteiger partial charge is 0.341 e. The molecule has 0 saturated carbocycles. The van der Waals surface area contributed by atoms with Gasteiger partial charge in [-0.2, -0.15) is 0 Å². The number of amides is 2. The fourth-order valence-electron chi connectivity index (χ4n) is 2.89. The van der Waals surface area contributed by atoms with E-state index in [9.17, 15) is 24.5 Å². The molecule has 2 amide bonds. The Morgan fingerprint density at radius 2 is 1.67 bits per heavy atom. The molecule has 168 valence electrons. The molecular formula is C23H20N4O6. The van der Waals surface area contributed by atoms with Crippen molar-refractivity contribution in [2.45, 2.75) is 6.54 Å². The zero-order chi connectivity index (χ0) is 23.8. The maximum absolute atomic E-state index is 12.6. The van der Waals surface area contributed by atoms with Gasteiger partial charge in [-0.1, -0.05) is 30.3 Å². The number of benzene rings is 3. The molecule has 0 aliphatic carbocycles. The van der Waals surface area contributed by atoms with Gasteiger partial charge in [0.15, 0.2) is 6.61 Å². The molecule has 0 saturated heterocycles. The lowest BCUT2D eigenvalue weighted by molar-refractivity contribution is -0.384. The summed E-state index contributed by atoms with van der Waals surface area (Å²) < 4.78 is 5.06. The third-order valence-electron chi connectivity index (χ3n) is 4.55. The number of non-ortho nitro benzene ring substituents is 1. The van der Waals surface area contributed by atoms with Gasteiger partial charge in [-0.05, 0) is 35.9 Å². The summed E-state index contributed by atoms with van der Waals surface area (Å²) in [7, 11) is 0. The molecule has 0 fully saturated rings. The van der Waals surface area contributed by atoms with E-state index in [1.165, 1.54) is 36.4 Å². The first-order chi connectivity index (χ1) is 15.8. The van der Waals surface area contributed by atoms with Crippen LogP contribution in [0.15, 0.2) is 72.8 Å². The first-order valence-corrected chi connectivity index (χ1v) is 9.76. The predicted octanol–water partition coefficient (Wildman–Crippen LogP) is 3.10. The van der Waals surface area contributed by atoms with Gasteiger partial charge in [0.25, 0.3) is 11.6 Å². The SMILES string of the molecule is NC(=O)c1ccc(NC(=O)COC(=O)c2cc([N+](=O)[O-])ccc2NCc2ccccc2)cc1. The number of ether oxygens (including phenoxy) is 1. The second-order valence-electron chi connectivity index (χ2n) is 6.89. The Kier molecular flexibility index (Phi) is 7.32. The molecule has 0 aromatic heterocycles. The number of primary amides is 1. The number of nitro benzene ring substituents is 1. The Bertz CT molecular complexity index is 1180. The van der Waals surface area contributed by atoms with Gasteiger partial charge in [0.05, 0.1) is 10.5 Å². The first-order valence-electron chi connectivity index (χ1n) is 9.76. The lowest BCUT2D eigenvalue weighted by atomic mass is 10.1. The number of esters is 1. The van der Waals surface area contributed by atoms with Crippen LogP contribution in [0.1, 0.15) is 26.3 Å². The molecule has 3 rings (SSSR count). The van der Waals surface area contributed by atoms with Gasteiger partial charge in [-0.15, -0.1) is 0 Å². The highest BCUT2D eigenvalue weighted by molar-refractivity contribution is 5.99. The van der Waals surface area contributed by atoms with Gasteiger partial charge in [0, 0.05) is 35.6 Å². The standard InChI is InChI=1S/C23H20N4O6/c24-22(29)16-6-8-17(9-7-16)26-21(28)14-33-23(30)19-12-18(27(31)32)10-11-20(19)25-13-15-4-2-1-3-5-15/h1-12,25H,13-14H2,(H2,24,29)(H,26,28). The lowest BCUT2D eigenvalue weighted by Crippen LogP contribution is -2.21. The predicted molar refractivity (Wildman–Crippen MR) is 121 cm³/mol. The van der Waals surface area contributed by atoms with E-state index in [0.717, 1.165) is 11.6 Å². The van der Waals surface area contributed by atoms with Crippen LogP contribution in [0.2, 0.25) is 0 Å². The van der Waals surface area contributed by atoms with E-state index < -0.39 is 29.3 Å². The van der Waals surface area contributed by atoms with Gasteiger partial charge in [-0.3, -0.25) is 19.7 Å². The van der Waals surface area contributed by atoms with Gasteiger partial charge in [0.2, 0.25) is 5.91 Å². The highest BCUT2D eigenvalue weighted by Crippen LogP contribution is 2.24. The average molecular weight is 448 g/mol. The van der Waals surface area contributed by atoms with Crippen LogP contribution < -0.4 is 16.4 Å². The molecule has 3 aromatic rings. The molecule has 33 heavy (non-hydrogen) atoms. The minimum atomic E-state index is -0.895. The molecule has 0 spiro atoms. The van der Waals surface area contributed by atoms with Crippen LogP contribution >= 0.6 is 0 Å². The number of nitro groups is 1. The minimum absolute atomic E-state index is 0.0706. The maximum Gasteiger partial charge on any atom is 0.341 e. The zero-order valence-corrected chi connectivity index (χ0v) is 17.3. The van der Waals surface area contributed by atoms with E-state index in [1.807, 2.05) is 30.3 Å². The Balaban J connectivity index is 1.66. The van der Waals surface area contributed by atoms with E-state index in [2.05, 4.69) is 10.6 Å². The molecule has 0 heterocycles. The van der Waals surface area contributed by atoms with Crippen molar-refractivity contribution in [2.75, 3.05) is 17.2 Å². The molecule has 0 radical (unpaired) electrons. The third kappa shape index (κ3) is 6.37. The number of nitrogens with one attached hydrogen (secondary N) is 2. The van der Waals surface area contributed by atoms with Crippen molar-refractivity contribution in [3.8, 4) is 0 Å². The number of carbonyl (C=O) groups is 3. The Labute approximate surface area is 188 Å². The summed E-state index contributed by atoms with van der Waals surface area (Å²) in [6.45, 7) is -0.238. The fourth-order valence-corrected chi connectivity index (χ4v) is 2.89. The molecule has 3 aromatic carbocycles. The largest absolute Gasteiger partial charge is 0.452 e. The average Bonchev–Trinajstić information content (AvgIpc) is 2.82. The second kappa shape index (κ2) is 10.5. The van der Waals surface area contributed by atoms with Crippen LogP contribution in [0.25, 0.3) is 0 Å². The van der Waals surface area contributed by atoms with Gasteiger partial charge >= 0.3 is 5.97 Å². The van der Waals surface area contributed by atoms with Gasteiger partial charge in [-0.25, -0.2) is 4.79 Å². The molecular weight excluding hydrogens is 428 g/mol. The summed E-state index contributed by atoms with van der Waals surface area (Å²) in [4.78, 5) is 46.4. The number of anilines is 2. The van der Waals surface area contributed by atoms with Crippen LogP contribution in [0.4, 0.5) is 17.1 Å². The zero-order valence-electron chi connectivity index (χ0n) is 17.3. The second-order valence-corrected chi connectivity index (χ2v) is 6.89. The molecule has 0 bridgehead atoms. The molecule has 10 nitrogen and oxygen atoms in total. The highest BCUT2D eigenvalue weighted by Gasteiger charge is 2.19. The molecule has 10 heteroatoms. The van der Waals surface area contributed by atoms with Crippen LogP contribution in [0.3, 0.4) is 0 Å². The van der Waals surface area contributed by atoms with Crippen LogP contribution in [0.5, 0.6) is 0 Å². The number of nitrogens with two attached hydrogens (primary N) is 1. The Morgan fingerprint density at radius 1 is 0.970 bits per heavy atom. The topological polar surface area (TPSA) is 154 Å². The van der Waals surface area contributed by atoms with Crippen LogP contribution in [0, 0.1) is 10.1 Å². The van der Waals surface area contributed by atoms with Crippen molar-refractivity contribution < 1.29 is 24.0 Å². The number of nitrogens with zero attached hydrogens (tertiary/aromatic N) is 1. The molecule has 0 aliphatic heterocycles. The Morgan fingerprint density at radius 3 is 2.30 bits per heavy atom. The summed E-state index contributed by atoms with van der Waals surface area (Å²) >= 11 is 0. The van der Waals surface area contributed by atoms with Crippen molar-refractivity contribution in [2.24, 2.45) is 5.73 Å². The summed E-state index contributed by atoms with van der Waals surface area (Å²) in [5.41, 5.74) is 6.74. The molecule has 0 aliphatic rings. The van der Waals surface area contributed by atoms with E-state index in [0.29, 0.717) is 17.9 Å². The molecule has 4 N–H and O–H groups in total. The monoisotopic (exact) mass is 448 g/mol. The van der Waals surface area contributed by atoms with Crippen molar-refractivity contribution >= 4 is 34.8 Å². The summed E-state index contributed by atoms with van der Waals surface area (Å²) in [6.07, 6.45) is 0. The number of hydrogen-bond acceptors (Lipinski definition) is 7. The van der Waals surface area contributed by atoms with Crippen molar-refractivity contribution in [1.82, 2.24) is 0 Å². The van der Waals surface area contributed by atoms with Crippen molar-refractivity contribution in [3.63, 3.8) is 0 Å². The van der Waals surface area contributed by atoms with Crippen LogP contribution in [-0.2, 0) is 16.1 Å². The summed E-state index contributed by atoms with van der Waals surface area (Å²) in [5.74, 6) is -2.12. The van der Waals surface area contributed by atoms with Gasteiger partial charge < -0.3 is 21.1 Å². The summed E-state index contributed by atoms with van der Waals surface area (Å²) in [6, 6.07) is 19.0. The minimum Gasteiger partial charge on any atom is -0.452 e. The Hall–Kier alpha value is -4.73. The first kappa shape index (κ1) is 22.9. The van der Waals surface area contributed by atoms with Crippen molar-refractivity contribution in [1.29, 1.82) is 0 Å².